The lowest BCUT2D eigenvalue weighted by Crippen LogP contribution is -2.31. The molecular formula is C31H28BrNO4. The van der Waals surface area contributed by atoms with Crippen molar-refractivity contribution < 1.29 is 19.0 Å². The quantitative estimate of drug-likeness (QED) is 0.200. The van der Waals surface area contributed by atoms with Crippen molar-refractivity contribution in [2.24, 2.45) is 0 Å². The number of carbonyl (C=O) groups is 1. The fraction of sp³-hybridized carbons (Fsp3) is 0.129. The molecule has 0 saturated heterocycles. The number of carbonyl (C=O) groups excluding carboxylic acids is 1. The second-order valence-electron chi connectivity index (χ2n) is 8.21. The molecule has 4 aromatic rings. The third kappa shape index (κ3) is 6.22. The highest BCUT2D eigenvalue weighted by molar-refractivity contribution is 9.10. The first-order valence-electron chi connectivity index (χ1n) is 11.7. The summed E-state index contributed by atoms with van der Waals surface area (Å²) < 4.78 is 17.3. The van der Waals surface area contributed by atoms with E-state index in [1.54, 1.807) is 26.2 Å². The van der Waals surface area contributed by atoms with Crippen LogP contribution in [0.1, 0.15) is 27.0 Å². The summed E-state index contributed by atoms with van der Waals surface area (Å²) in [5.41, 5.74) is 4.11. The second-order valence-corrected chi connectivity index (χ2v) is 9.06. The molecule has 0 N–H and O–H groups in total. The van der Waals surface area contributed by atoms with E-state index >= 15 is 0 Å². The standard InChI is InChI=1S/C31H28BrNO4/c1-35-25-17-14-22(15-18-25)13-16-23-19-26(36-2)20-30(37-3)28(23)21-33(24-9-5-4-6-10-24)31(34)27-11-7-8-12-29(27)32/h4-20H,21H2,1-3H3. The van der Waals surface area contributed by atoms with Crippen LogP contribution in [0.25, 0.3) is 12.2 Å². The Kier molecular flexibility index (Phi) is 8.64. The summed E-state index contributed by atoms with van der Waals surface area (Å²) in [6.45, 7) is 0.291. The van der Waals surface area contributed by atoms with Crippen LogP contribution in [0.3, 0.4) is 0 Å². The van der Waals surface area contributed by atoms with Crippen molar-refractivity contribution in [2.75, 3.05) is 26.2 Å². The van der Waals surface area contributed by atoms with Crippen LogP contribution < -0.4 is 19.1 Å². The van der Waals surface area contributed by atoms with Gasteiger partial charge in [-0.3, -0.25) is 4.79 Å². The van der Waals surface area contributed by atoms with Gasteiger partial charge in [-0.1, -0.05) is 54.6 Å². The number of para-hydroxylation sites is 1. The minimum Gasteiger partial charge on any atom is -0.497 e. The van der Waals surface area contributed by atoms with Crippen molar-refractivity contribution in [1.29, 1.82) is 0 Å². The summed E-state index contributed by atoms with van der Waals surface area (Å²) >= 11 is 3.54. The van der Waals surface area contributed by atoms with Gasteiger partial charge in [-0.05, 0) is 69.5 Å². The molecule has 5 nitrogen and oxygen atoms in total. The van der Waals surface area contributed by atoms with Crippen molar-refractivity contribution in [2.45, 2.75) is 6.54 Å². The Morgan fingerprint density at radius 2 is 1.46 bits per heavy atom. The summed E-state index contributed by atoms with van der Waals surface area (Å²) in [5, 5.41) is 0. The van der Waals surface area contributed by atoms with Crippen molar-refractivity contribution in [3.63, 3.8) is 0 Å². The topological polar surface area (TPSA) is 48.0 Å². The highest BCUT2D eigenvalue weighted by Crippen LogP contribution is 2.33. The molecule has 4 rings (SSSR count). The van der Waals surface area contributed by atoms with Crippen molar-refractivity contribution in [1.82, 2.24) is 0 Å². The van der Waals surface area contributed by atoms with Gasteiger partial charge < -0.3 is 19.1 Å². The minimum atomic E-state index is -0.123. The monoisotopic (exact) mass is 557 g/mol. The van der Waals surface area contributed by atoms with Crippen LogP contribution >= 0.6 is 15.9 Å². The summed E-state index contributed by atoms with van der Waals surface area (Å²) in [6, 6.07) is 28.7. The summed E-state index contributed by atoms with van der Waals surface area (Å²) in [6.07, 6.45) is 4.02. The molecule has 0 unspecified atom stereocenters. The number of hydrogen-bond acceptors (Lipinski definition) is 4. The van der Waals surface area contributed by atoms with Crippen LogP contribution in [0.5, 0.6) is 17.2 Å². The maximum atomic E-state index is 13.8. The highest BCUT2D eigenvalue weighted by atomic mass is 79.9. The maximum absolute atomic E-state index is 13.8. The van der Waals surface area contributed by atoms with E-state index in [2.05, 4.69) is 15.9 Å². The molecule has 0 atom stereocenters. The Labute approximate surface area is 226 Å². The molecule has 6 heteroatoms. The molecule has 0 aromatic heterocycles. The van der Waals surface area contributed by atoms with Gasteiger partial charge in [0.15, 0.2) is 0 Å². The number of hydrogen-bond donors (Lipinski definition) is 0. The molecule has 0 aliphatic carbocycles. The number of halogens is 1. The van der Waals surface area contributed by atoms with Gasteiger partial charge in [-0.25, -0.2) is 0 Å². The number of methoxy groups -OCH3 is 3. The van der Waals surface area contributed by atoms with Gasteiger partial charge in [0.1, 0.15) is 17.2 Å². The second kappa shape index (κ2) is 12.3. The third-order valence-electron chi connectivity index (χ3n) is 5.98. The van der Waals surface area contributed by atoms with E-state index in [9.17, 15) is 4.79 Å². The number of rotatable bonds is 9. The molecule has 0 fully saturated rings. The van der Waals surface area contributed by atoms with E-state index in [0.29, 0.717) is 23.6 Å². The van der Waals surface area contributed by atoms with Gasteiger partial charge in [0.25, 0.3) is 5.91 Å². The van der Waals surface area contributed by atoms with Crippen LogP contribution in [0.15, 0.2) is 95.5 Å². The van der Waals surface area contributed by atoms with Gasteiger partial charge in [0.2, 0.25) is 0 Å². The van der Waals surface area contributed by atoms with Gasteiger partial charge in [0.05, 0.1) is 33.4 Å². The van der Waals surface area contributed by atoms with Crippen molar-refractivity contribution in [3.8, 4) is 17.2 Å². The first-order chi connectivity index (χ1) is 18.0. The van der Waals surface area contributed by atoms with Gasteiger partial charge in [0, 0.05) is 21.8 Å². The van der Waals surface area contributed by atoms with E-state index in [0.717, 1.165) is 32.6 Å². The average Bonchev–Trinajstić information content (AvgIpc) is 2.95. The van der Waals surface area contributed by atoms with E-state index in [4.69, 9.17) is 14.2 Å². The average molecular weight is 558 g/mol. The van der Waals surface area contributed by atoms with Gasteiger partial charge >= 0.3 is 0 Å². The van der Waals surface area contributed by atoms with Gasteiger partial charge in [-0.15, -0.1) is 0 Å². The minimum absolute atomic E-state index is 0.123. The molecule has 37 heavy (non-hydrogen) atoms. The number of nitrogens with zero attached hydrogens (tertiary/aromatic N) is 1. The lowest BCUT2D eigenvalue weighted by molar-refractivity contribution is 0.0984. The SMILES string of the molecule is COc1ccc(C=Cc2cc(OC)cc(OC)c2CN(C(=O)c2ccccc2Br)c2ccccc2)cc1. The number of anilines is 1. The Bertz CT molecular complexity index is 1380. The van der Waals surface area contributed by atoms with Crippen molar-refractivity contribution >= 4 is 39.7 Å². The molecular weight excluding hydrogens is 530 g/mol. The van der Waals surface area contributed by atoms with Crippen molar-refractivity contribution in [3.05, 3.63) is 118 Å². The Morgan fingerprint density at radius 3 is 2.11 bits per heavy atom. The molecule has 188 valence electrons. The molecule has 4 aromatic carbocycles. The summed E-state index contributed by atoms with van der Waals surface area (Å²) in [5.74, 6) is 1.97. The summed E-state index contributed by atoms with van der Waals surface area (Å²) in [4.78, 5) is 15.6. The lowest BCUT2D eigenvalue weighted by atomic mass is 10.0. The van der Waals surface area contributed by atoms with E-state index in [1.165, 1.54) is 0 Å². The molecule has 0 radical (unpaired) electrons. The maximum Gasteiger partial charge on any atom is 0.259 e. The lowest BCUT2D eigenvalue weighted by Gasteiger charge is -2.26. The predicted molar refractivity (Wildman–Crippen MR) is 153 cm³/mol. The molecule has 0 saturated carbocycles. The molecule has 0 bridgehead atoms. The Balaban J connectivity index is 1.79. The van der Waals surface area contributed by atoms with Crippen LogP contribution in [-0.4, -0.2) is 27.2 Å². The zero-order valence-corrected chi connectivity index (χ0v) is 22.6. The Morgan fingerprint density at radius 1 is 0.784 bits per heavy atom. The summed E-state index contributed by atoms with van der Waals surface area (Å²) in [7, 11) is 4.89. The molecule has 0 aliphatic heterocycles. The van der Waals surface area contributed by atoms with E-state index in [1.807, 2.05) is 103 Å². The first kappa shape index (κ1) is 26.0. The van der Waals surface area contributed by atoms with Crippen LogP contribution in [0.2, 0.25) is 0 Å². The number of benzene rings is 4. The molecule has 1 amide bonds. The van der Waals surface area contributed by atoms with Crippen LogP contribution in [0, 0.1) is 0 Å². The molecule has 0 spiro atoms. The van der Waals surface area contributed by atoms with Crippen LogP contribution in [0.4, 0.5) is 5.69 Å². The smallest absolute Gasteiger partial charge is 0.259 e. The highest BCUT2D eigenvalue weighted by Gasteiger charge is 2.23. The zero-order valence-electron chi connectivity index (χ0n) is 21.0. The van der Waals surface area contributed by atoms with Crippen LogP contribution in [-0.2, 0) is 6.54 Å². The fourth-order valence-corrected chi connectivity index (χ4v) is 4.44. The fourth-order valence-electron chi connectivity index (χ4n) is 3.99. The molecule has 0 heterocycles. The third-order valence-corrected chi connectivity index (χ3v) is 6.67. The van der Waals surface area contributed by atoms with E-state index < -0.39 is 0 Å². The first-order valence-corrected chi connectivity index (χ1v) is 12.5. The largest absolute Gasteiger partial charge is 0.497 e. The normalized spacial score (nSPS) is 10.8. The van der Waals surface area contributed by atoms with Gasteiger partial charge in [-0.2, -0.15) is 0 Å². The zero-order chi connectivity index (χ0) is 26.2. The van der Waals surface area contributed by atoms with E-state index in [-0.39, 0.29) is 5.91 Å². The Hall–Kier alpha value is -4.03. The number of ether oxygens (including phenoxy) is 3. The predicted octanol–water partition coefficient (Wildman–Crippen LogP) is 7.49. The molecule has 0 aliphatic rings. The number of amides is 1.